The molecule has 1 amide bonds. The quantitative estimate of drug-likeness (QED) is 0.743. The van der Waals surface area contributed by atoms with Crippen molar-refractivity contribution in [1.29, 1.82) is 0 Å². The monoisotopic (exact) mass is 372 g/mol. The third-order valence-corrected chi connectivity index (χ3v) is 5.03. The zero-order valence-electron chi connectivity index (χ0n) is 14.4. The summed E-state index contributed by atoms with van der Waals surface area (Å²) in [7, 11) is 0. The molecule has 136 valence electrons. The van der Waals surface area contributed by atoms with Crippen LogP contribution in [0, 0.1) is 6.92 Å². The van der Waals surface area contributed by atoms with Crippen LogP contribution in [0.1, 0.15) is 28.2 Å². The predicted molar refractivity (Wildman–Crippen MR) is 97.3 cm³/mol. The number of ether oxygens (including phenoxy) is 2. The van der Waals surface area contributed by atoms with Crippen molar-refractivity contribution in [2.75, 3.05) is 13.2 Å². The van der Waals surface area contributed by atoms with E-state index >= 15 is 0 Å². The first-order chi connectivity index (χ1) is 12.7. The van der Waals surface area contributed by atoms with Crippen molar-refractivity contribution in [3.8, 4) is 0 Å². The maximum Gasteiger partial charge on any atom is 0.255 e. The van der Waals surface area contributed by atoms with Gasteiger partial charge >= 0.3 is 0 Å². The minimum absolute atomic E-state index is 0.105. The van der Waals surface area contributed by atoms with Gasteiger partial charge in [0.1, 0.15) is 11.8 Å². The van der Waals surface area contributed by atoms with Gasteiger partial charge in [-0.3, -0.25) is 4.79 Å². The van der Waals surface area contributed by atoms with Crippen LogP contribution in [0.5, 0.6) is 0 Å². The number of carbonyl (C=O) groups is 1. The maximum atomic E-state index is 12.8. The number of rotatable bonds is 5. The van der Waals surface area contributed by atoms with Gasteiger partial charge in [-0.1, -0.05) is 0 Å². The van der Waals surface area contributed by atoms with Gasteiger partial charge in [0.25, 0.3) is 5.91 Å². The third kappa shape index (κ3) is 3.62. The second-order valence-electron chi connectivity index (χ2n) is 6.31. The Balaban J connectivity index is 1.47. The highest BCUT2D eigenvalue weighted by atomic mass is 32.1. The summed E-state index contributed by atoms with van der Waals surface area (Å²) >= 11 is 1.54. The number of hydrogen-bond acceptors (Lipinski definition) is 6. The Hall–Kier alpha value is -2.29. The highest BCUT2D eigenvalue weighted by Crippen LogP contribution is 2.16. The van der Waals surface area contributed by atoms with E-state index in [1.54, 1.807) is 11.6 Å². The van der Waals surface area contributed by atoms with Gasteiger partial charge in [-0.05, 0) is 25.5 Å². The lowest BCUT2D eigenvalue weighted by atomic mass is 10.1. The van der Waals surface area contributed by atoms with E-state index in [1.165, 1.54) is 11.3 Å². The number of amides is 1. The molecule has 0 radical (unpaired) electrons. The van der Waals surface area contributed by atoms with Crippen LogP contribution < -0.4 is 5.32 Å². The topological polar surface area (TPSA) is 77.8 Å². The number of imidazole rings is 1. The molecular weight excluding hydrogens is 352 g/mol. The standard InChI is InChI=1S/C18H20N4O3S/c1-12-7-22-5-2-3-14(17(22)20-12)18(23)21-15-4-6-24-9-16(15)25-8-13-10-26-11-19-13/h2-3,5,7,10-11,15-16H,4,6,8-9H2,1H3,(H,21,23)/t15-,16-/m1/s1. The Morgan fingerprint density at radius 2 is 2.46 bits per heavy atom. The molecule has 0 bridgehead atoms. The molecule has 4 rings (SSSR count). The molecule has 1 aliphatic rings. The smallest absolute Gasteiger partial charge is 0.255 e. The van der Waals surface area contributed by atoms with Crippen LogP contribution in [0.2, 0.25) is 0 Å². The van der Waals surface area contributed by atoms with Gasteiger partial charge in [0, 0.05) is 24.4 Å². The number of nitrogens with one attached hydrogen (secondary N) is 1. The summed E-state index contributed by atoms with van der Waals surface area (Å²) in [6.45, 7) is 3.39. The van der Waals surface area contributed by atoms with Crippen LogP contribution in [0.4, 0.5) is 0 Å². The lowest BCUT2D eigenvalue weighted by molar-refractivity contribution is -0.0742. The number of aryl methyl sites for hydroxylation is 1. The largest absolute Gasteiger partial charge is 0.379 e. The van der Waals surface area contributed by atoms with E-state index in [-0.39, 0.29) is 18.1 Å². The Morgan fingerprint density at radius 3 is 3.31 bits per heavy atom. The highest BCUT2D eigenvalue weighted by Gasteiger charge is 2.29. The number of hydrogen-bond donors (Lipinski definition) is 1. The average molecular weight is 372 g/mol. The van der Waals surface area contributed by atoms with Crippen LogP contribution in [-0.2, 0) is 16.1 Å². The molecule has 1 fully saturated rings. The molecular formula is C18H20N4O3S. The van der Waals surface area contributed by atoms with Gasteiger partial charge in [-0.2, -0.15) is 0 Å². The van der Waals surface area contributed by atoms with E-state index in [0.29, 0.717) is 37.5 Å². The molecule has 0 saturated carbocycles. The zero-order chi connectivity index (χ0) is 17.9. The van der Waals surface area contributed by atoms with Crippen molar-refractivity contribution in [3.05, 3.63) is 52.4 Å². The van der Waals surface area contributed by atoms with E-state index < -0.39 is 0 Å². The van der Waals surface area contributed by atoms with E-state index in [4.69, 9.17) is 9.47 Å². The van der Waals surface area contributed by atoms with Crippen molar-refractivity contribution >= 4 is 22.9 Å². The number of carbonyl (C=O) groups excluding carboxylic acids is 1. The van der Waals surface area contributed by atoms with Crippen molar-refractivity contribution in [2.24, 2.45) is 0 Å². The lowest BCUT2D eigenvalue weighted by Gasteiger charge is -2.32. The zero-order valence-corrected chi connectivity index (χ0v) is 15.2. The first-order valence-electron chi connectivity index (χ1n) is 8.52. The normalized spacial score (nSPS) is 20.3. The summed E-state index contributed by atoms with van der Waals surface area (Å²) in [6.07, 6.45) is 4.31. The first-order valence-corrected chi connectivity index (χ1v) is 9.46. The fraction of sp³-hybridized carbons (Fsp3) is 0.389. The van der Waals surface area contributed by atoms with E-state index in [9.17, 15) is 4.79 Å². The SMILES string of the molecule is Cc1cn2cccc(C(=O)N[C@@H]3CCOC[C@H]3OCc3cscn3)c2n1. The molecule has 0 unspecified atom stereocenters. The summed E-state index contributed by atoms with van der Waals surface area (Å²) < 4.78 is 13.3. The maximum absolute atomic E-state index is 12.8. The van der Waals surface area contributed by atoms with Crippen molar-refractivity contribution in [3.63, 3.8) is 0 Å². The lowest BCUT2D eigenvalue weighted by Crippen LogP contribution is -2.50. The van der Waals surface area contributed by atoms with Crippen LogP contribution in [0.25, 0.3) is 5.65 Å². The van der Waals surface area contributed by atoms with Gasteiger partial charge in [-0.25, -0.2) is 9.97 Å². The summed E-state index contributed by atoms with van der Waals surface area (Å²) in [4.78, 5) is 21.5. The molecule has 1 aliphatic heterocycles. The van der Waals surface area contributed by atoms with E-state index in [2.05, 4.69) is 15.3 Å². The van der Waals surface area contributed by atoms with Crippen LogP contribution >= 0.6 is 11.3 Å². The van der Waals surface area contributed by atoms with Gasteiger partial charge in [0.05, 0.1) is 41.7 Å². The first kappa shape index (κ1) is 17.1. The summed E-state index contributed by atoms with van der Waals surface area (Å²) in [5, 5.41) is 5.06. The molecule has 0 aliphatic carbocycles. The average Bonchev–Trinajstić information content (AvgIpc) is 3.28. The second kappa shape index (κ2) is 7.53. The number of aromatic nitrogens is 3. The molecule has 8 heteroatoms. The van der Waals surface area contributed by atoms with Crippen LogP contribution in [0.15, 0.2) is 35.4 Å². The van der Waals surface area contributed by atoms with E-state index in [0.717, 1.165) is 11.4 Å². The molecule has 2 atom stereocenters. The van der Waals surface area contributed by atoms with Gasteiger partial charge in [0.2, 0.25) is 0 Å². The van der Waals surface area contributed by atoms with Crippen molar-refractivity contribution < 1.29 is 14.3 Å². The molecule has 1 N–H and O–H groups in total. The molecule has 26 heavy (non-hydrogen) atoms. The Morgan fingerprint density at radius 1 is 1.54 bits per heavy atom. The van der Waals surface area contributed by atoms with Gasteiger partial charge in [0.15, 0.2) is 0 Å². The Labute approximate surface area is 155 Å². The molecule has 0 spiro atoms. The second-order valence-corrected chi connectivity index (χ2v) is 7.03. The predicted octanol–water partition coefficient (Wildman–Crippen LogP) is 2.20. The van der Waals surface area contributed by atoms with Crippen LogP contribution in [0.3, 0.4) is 0 Å². The minimum Gasteiger partial charge on any atom is -0.379 e. The number of fused-ring (bicyclic) bond motifs is 1. The molecule has 4 heterocycles. The number of thiazole rings is 1. The number of nitrogens with zero attached hydrogens (tertiary/aromatic N) is 3. The summed E-state index contributed by atoms with van der Waals surface area (Å²) in [5.41, 5.74) is 4.77. The third-order valence-electron chi connectivity index (χ3n) is 4.40. The summed E-state index contributed by atoms with van der Waals surface area (Å²) in [6, 6.07) is 3.54. The Bertz CT molecular complexity index is 893. The molecule has 1 saturated heterocycles. The fourth-order valence-corrected chi connectivity index (χ4v) is 3.64. The highest BCUT2D eigenvalue weighted by molar-refractivity contribution is 7.07. The van der Waals surface area contributed by atoms with Crippen molar-refractivity contribution in [2.45, 2.75) is 32.1 Å². The fourth-order valence-electron chi connectivity index (χ4n) is 3.10. The van der Waals surface area contributed by atoms with E-state index in [1.807, 2.05) is 35.2 Å². The van der Waals surface area contributed by atoms with Crippen molar-refractivity contribution in [1.82, 2.24) is 19.7 Å². The molecule has 3 aromatic heterocycles. The van der Waals surface area contributed by atoms with Crippen LogP contribution in [-0.4, -0.2) is 45.6 Å². The minimum atomic E-state index is -0.199. The molecule has 3 aromatic rings. The molecule has 7 nitrogen and oxygen atoms in total. The summed E-state index contributed by atoms with van der Waals surface area (Å²) in [5.74, 6) is -0.143. The van der Waals surface area contributed by atoms with Gasteiger partial charge in [-0.15, -0.1) is 11.3 Å². The number of pyridine rings is 1. The van der Waals surface area contributed by atoms with Gasteiger partial charge < -0.3 is 19.2 Å². The molecule has 0 aromatic carbocycles. The Kier molecular flexibility index (Phi) is 4.96.